The van der Waals surface area contributed by atoms with Crippen molar-refractivity contribution in [2.45, 2.75) is 32.7 Å². The second-order valence-corrected chi connectivity index (χ2v) is 3.74. The molecule has 0 spiro atoms. The van der Waals surface area contributed by atoms with E-state index in [9.17, 15) is 0 Å². The van der Waals surface area contributed by atoms with E-state index in [4.69, 9.17) is 5.26 Å². The number of rotatable bonds is 3. The van der Waals surface area contributed by atoms with Gasteiger partial charge in [-0.3, -0.25) is 0 Å². The molecule has 2 nitrogen and oxygen atoms in total. The largest absolute Gasteiger partial charge is 0.367 e. The Morgan fingerprint density at radius 1 is 1.43 bits per heavy atom. The molecule has 0 saturated heterocycles. The highest BCUT2D eigenvalue weighted by Crippen LogP contribution is 2.20. The van der Waals surface area contributed by atoms with Crippen molar-refractivity contribution in [3.8, 4) is 6.07 Å². The molecule has 0 saturated carbocycles. The van der Waals surface area contributed by atoms with Crippen LogP contribution in [0.5, 0.6) is 0 Å². The molecule has 0 aliphatic rings. The number of hydrogen-bond acceptors (Lipinski definition) is 2. The Morgan fingerprint density at radius 2 is 2.07 bits per heavy atom. The Labute approximate surface area is 85.6 Å². The third-order valence-electron chi connectivity index (χ3n) is 2.51. The molecule has 0 heterocycles. The van der Waals surface area contributed by atoms with Crippen molar-refractivity contribution in [1.29, 1.82) is 5.26 Å². The molecule has 1 N–H and O–H groups in total. The smallest absolute Gasteiger partial charge is 0.122 e. The van der Waals surface area contributed by atoms with Crippen LogP contribution < -0.4 is 5.32 Å². The predicted octanol–water partition coefficient (Wildman–Crippen LogP) is 3.10. The van der Waals surface area contributed by atoms with Crippen LogP contribution in [0, 0.1) is 18.3 Å². The molecule has 0 aromatic heterocycles. The molecule has 14 heavy (non-hydrogen) atoms. The van der Waals surface area contributed by atoms with Gasteiger partial charge in [0.1, 0.15) is 5.54 Å². The number of para-hydroxylation sites is 1. The second kappa shape index (κ2) is 4.15. The van der Waals surface area contributed by atoms with Gasteiger partial charge in [-0.25, -0.2) is 0 Å². The molecule has 2 heteroatoms. The zero-order chi connectivity index (χ0) is 10.6. The van der Waals surface area contributed by atoms with Crippen LogP contribution in [0.1, 0.15) is 25.8 Å². The zero-order valence-electron chi connectivity index (χ0n) is 8.96. The number of nitrogens with one attached hydrogen (secondary N) is 1. The summed E-state index contributed by atoms with van der Waals surface area (Å²) >= 11 is 0. The lowest BCUT2D eigenvalue weighted by molar-refractivity contribution is 0.625. The molecule has 1 aromatic rings. The number of aryl methyl sites for hydroxylation is 1. The van der Waals surface area contributed by atoms with Gasteiger partial charge in [-0.15, -0.1) is 0 Å². The molecule has 0 aliphatic heterocycles. The minimum atomic E-state index is -0.466. The normalized spacial score (nSPS) is 14.1. The molecular weight excluding hydrogens is 172 g/mol. The average molecular weight is 188 g/mol. The van der Waals surface area contributed by atoms with Gasteiger partial charge in [0.15, 0.2) is 0 Å². The molecule has 1 aromatic carbocycles. The Balaban J connectivity index is 2.89. The molecular formula is C12H16N2. The van der Waals surface area contributed by atoms with Gasteiger partial charge in [0.2, 0.25) is 0 Å². The topological polar surface area (TPSA) is 35.8 Å². The highest BCUT2D eigenvalue weighted by Gasteiger charge is 2.20. The van der Waals surface area contributed by atoms with E-state index in [1.165, 1.54) is 5.56 Å². The van der Waals surface area contributed by atoms with Crippen LogP contribution >= 0.6 is 0 Å². The van der Waals surface area contributed by atoms with Crippen LogP contribution in [0.4, 0.5) is 5.69 Å². The van der Waals surface area contributed by atoms with Crippen LogP contribution in [-0.2, 0) is 0 Å². The molecule has 74 valence electrons. The summed E-state index contributed by atoms with van der Waals surface area (Å²) in [5.74, 6) is 0. The molecule has 0 radical (unpaired) electrons. The fraction of sp³-hybridized carbons (Fsp3) is 0.417. The summed E-state index contributed by atoms with van der Waals surface area (Å²) in [6, 6.07) is 10.3. The van der Waals surface area contributed by atoms with E-state index in [-0.39, 0.29) is 0 Å². The first kappa shape index (κ1) is 10.6. The van der Waals surface area contributed by atoms with E-state index >= 15 is 0 Å². The Kier molecular flexibility index (Phi) is 3.14. The number of anilines is 1. The first-order chi connectivity index (χ1) is 6.61. The predicted molar refractivity (Wildman–Crippen MR) is 59.1 cm³/mol. The van der Waals surface area contributed by atoms with E-state index in [0.717, 1.165) is 12.1 Å². The fourth-order valence-corrected chi connectivity index (χ4v) is 1.21. The van der Waals surface area contributed by atoms with Gasteiger partial charge >= 0.3 is 0 Å². The second-order valence-electron chi connectivity index (χ2n) is 3.74. The maximum absolute atomic E-state index is 9.02. The van der Waals surface area contributed by atoms with Gasteiger partial charge in [0, 0.05) is 5.69 Å². The number of benzene rings is 1. The first-order valence-electron chi connectivity index (χ1n) is 4.86. The Morgan fingerprint density at radius 3 is 2.57 bits per heavy atom. The molecule has 0 amide bonds. The highest BCUT2D eigenvalue weighted by atomic mass is 15.0. The van der Waals surface area contributed by atoms with Crippen LogP contribution in [0.15, 0.2) is 24.3 Å². The van der Waals surface area contributed by atoms with Gasteiger partial charge in [-0.05, 0) is 31.9 Å². The lowest BCUT2D eigenvalue weighted by Crippen LogP contribution is -2.32. The Hall–Kier alpha value is -1.49. The molecule has 1 atom stereocenters. The van der Waals surface area contributed by atoms with Gasteiger partial charge < -0.3 is 5.32 Å². The maximum Gasteiger partial charge on any atom is 0.122 e. The van der Waals surface area contributed by atoms with Gasteiger partial charge in [0.05, 0.1) is 6.07 Å². The van der Waals surface area contributed by atoms with Crippen molar-refractivity contribution in [1.82, 2.24) is 0 Å². The van der Waals surface area contributed by atoms with Gasteiger partial charge in [-0.2, -0.15) is 5.26 Å². The lowest BCUT2D eigenvalue weighted by atomic mass is 10.00. The number of nitrogens with zero attached hydrogens (tertiary/aromatic N) is 1. The fourth-order valence-electron chi connectivity index (χ4n) is 1.21. The van der Waals surface area contributed by atoms with Gasteiger partial charge in [-0.1, -0.05) is 25.1 Å². The summed E-state index contributed by atoms with van der Waals surface area (Å²) in [5.41, 5.74) is 1.74. The number of hydrogen-bond donors (Lipinski definition) is 1. The SMILES string of the molecule is CC[C@](C)(C#N)Nc1ccccc1C. The standard InChI is InChI=1S/C12H16N2/c1-4-12(3,9-13)14-11-8-6-5-7-10(11)2/h5-8,14H,4H2,1-3H3/t12-/m1/s1. The molecule has 0 bridgehead atoms. The summed E-state index contributed by atoms with van der Waals surface area (Å²) in [6.07, 6.45) is 0.790. The molecule has 0 unspecified atom stereocenters. The number of nitriles is 1. The summed E-state index contributed by atoms with van der Waals surface area (Å²) in [6.45, 7) is 5.96. The maximum atomic E-state index is 9.02. The van der Waals surface area contributed by atoms with Crippen LogP contribution in [-0.4, -0.2) is 5.54 Å². The van der Waals surface area contributed by atoms with E-state index in [2.05, 4.69) is 11.4 Å². The monoisotopic (exact) mass is 188 g/mol. The molecule has 0 aliphatic carbocycles. The van der Waals surface area contributed by atoms with Crippen LogP contribution in [0.2, 0.25) is 0 Å². The van der Waals surface area contributed by atoms with E-state index in [0.29, 0.717) is 0 Å². The first-order valence-corrected chi connectivity index (χ1v) is 4.86. The van der Waals surface area contributed by atoms with Crippen molar-refractivity contribution >= 4 is 5.69 Å². The third kappa shape index (κ3) is 2.26. The Bertz CT molecular complexity index is 352. The quantitative estimate of drug-likeness (QED) is 0.791. The zero-order valence-corrected chi connectivity index (χ0v) is 8.96. The van der Waals surface area contributed by atoms with Crippen molar-refractivity contribution in [3.63, 3.8) is 0 Å². The van der Waals surface area contributed by atoms with Crippen LogP contribution in [0.3, 0.4) is 0 Å². The highest BCUT2D eigenvalue weighted by molar-refractivity contribution is 5.53. The van der Waals surface area contributed by atoms with E-state index in [1.54, 1.807) is 0 Å². The molecule has 0 fully saturated rings. The van der Waals surface area contributed by atoms with Crippen molar-refractivity contribution in [2.24, 2.45) is 0 Å². The van der Waals surface area contributed by atoms with Crippen molar-refractivity contribution < 1.29 is 0 Å². The average Bonchev–Trinajstić information content (AvgIpc) is 2.21. The van der Waals surface area contributed by atoms with Crippen LogP contribution in [0.25, 0.3) is 0 Å². The summed E-state index contributed by atoms with van der Waals surface area (Å²) < 4.78 is 0. The lowest BCUT2D eigenvalue weighted by Gasteiger charge is -2.23. The van der Waals surface area contributed by atoms with Crippen molar-refractivity contribution in [2.75, 3.05) is 5.32 Å². The molecule has 1 rings (SSSR count). The van der Waals surface area contributed by atoms with Gasteiger partial charge in [0.25, 0.3) is 0 Å². The summed E-state index contributed by atoms with van der Waals surface area (Å²) in [4.78, 5) is 0. The summed E-state index contributed by atoms with van der Waals surface area (Å²) in [7, 11) is 0. The summed E-state index contributed by atoms with van der Waals surface area (Å²) in [5, 5.41) is 12.3. The van der Waals surface area contributed by atoms with E-state index in [1.807, 2.05) is 45.0 Å². The third-order valence-corrected chi connectivity index (χ3v) is 2.51. The van der Waals surface area contributed by atoms with Crippen molar-refractivity contribution in [3.05, 3.63) is 29.8 Å². The minimum absolute atomic E-state index is 0.466. The van der Waals surface area contributed by atoms with E-state index < -0.39 is 5.54 Å². The minimum Gasteiger partial charge on any atom is -0.367 e.